The van der Waals surface area contributed by atoms with Crippen molar-refractivity contribution in [2.45, 2.75) is 44.8 Å². The van der Waals surface area contributed by atoms with Gasteiger partial charge >= 0.3 is 6.03 Å². The number of nitrogens with one attached hydrogen (secondary N) is 1. The van der Waals surface area contributed by atoms with Gasteiger partial charge in [-0.25, -0.2) is 14.8 Å². The number of anilines is 1. The average Bonchev–Trinajstić information content (AvgIpc) is 2.92. The van der Waals surface area contributed by atoms with Crippen molar-refractivity contribution >= 4 is 23.8 Å². The van der Waals surface area contributed by atoms with Crippen LogP contribution in [-0.4, -0.2) is 46.9 Å². The Morgan fingerprint density at radius 2 is 2.17 bits per heavy atom. The third-order valence-electron chi connectivity index (χ3n) is 5.31. The van der Waals surface area contributed by atoms with Gasteiger partial charge in [-0.1, -0.05) is 24.0 Å². The number of amides is 3. The van der Waals surface area contributed by atoms with Gasteiger partial charge in [0.2, 0.25) is 11.9 Å². The number of allylic oxidation sites excluding steroid dienone is 1. The first-order chi connectivity index (χ1) is 16.6. The molecule has 182 valence electrons. The van der Waals surface area contributed by atoms with Crippen LogP contribution in [0, 0.1) is 17.8 Å². The van der Waals surface area contributed by atoms with Crippen molar-refractivity contribution in [2.24, 2.45) is 10.7 Å². The number of nitrogens with zero attached hydrogens (tertiary/aromatic N) is 3. The highest BCUT2D eigenvalue weighted by atomic mass is 19.1. The predicted octanol–water partition coefficient (Wildman–Crippen LogP) is 2.49. The van der Waals surface area contributed by atoms with Gasteiger partial charge in [0.1, 0.15) is 11.6 Å². The maximum Gasteiger partial charge on any atom is 0.341 e. The van der Waals surface area contributed by atoms with E-state index in [4.69, 9.17) is 5.73 Å². The molecule has 3 amide bonds. The fourth-order valence-electron chi connectivity index (χ4n) is 3.53. The first-order valence-corrected chi connectivity index (χ1v) is 11.1. The van der Waals surface area contributed by atoms with Gasteiger partial charge in [0, 0.05) is 36.6 Å². The van der Waals surface area contributed by atoms with Gasteiger partial charge in [-0.05, 0) is 68.3 Å². The average molecular weight is 478 g/mol. The SMILES string of the molecule is CN1C(=O)C(NC(=O)/N=C/C(=C\N)Cc2cccc(F)n2)CCc2ccc(C#CC(C)(C)O)cc21. The van der Waals surface area contributed by atoms with E-state index in [9.17, 15) is 19.1 Å². The van der Waals surface area contributed by atoms with Crippen molar-refractivity contribution < 1.29 is 19.1 Å². The Balaban J connectivity index is 1.68. The van der Waals surface area contributed by atoms with Gasteiger partial charge in [-0.15, -0.1) is 0 Å². The van der Waals surface area contributed by atoms with Crippen LogP contribution in [0.15, 0.2) is 53.2 Å². The summed E-state index contributed by atoms with van der Waals surface area (Å²) in [6.07, 6.45) is 3.71. The molecule has 2 heterocycles. The molecule has 3 rings (SSSR count). The van der Waals surface area contributed by atoms with E-state index in [-0.39, 0.29) is 12.3 Å². The van der Waals surface area contributed by atoms with Crippen LogP contribution in [0.4, 0.5) is 14.9 Å². The minimum Gasteiger partial charge on any atom is -0.404 e. The number of hydrogen-bond donors (Lipinski definition) is 3. The number of aliphatic hydroxyl groups is 1. The lowest BCUT2D eigenvalue weighted by molar-refractivity contribution is -0.120. The van der Waals surface area contributed by atoms with Crippen LogP contribution in [0.5, 0.6) is 0 Å². The van der Waals surface area contributed by atoms with Gasteiger partial charge in [0.05, 0.1) is 0 Å². The Labute approximate surface area is 203 Å². The number of fused-ring (bicyclic) bond motifs is 1. The van der Waals surface area contributed by atoms with Gasteiger partial charge < -0.3 is 21.1 Å². The smallest absolute Gasteiger partial charge is 0.341 e. The molecule has 0 saturated heterocycles. The summed E-state index contributed by atoms with van der Waals surface area (Å²) in [6, 6.07) is 8.49. The predicted molar refractivity (Wildman–Crippen MR) is 132 cm³/mol. The van der Waals surface area contributed by atoms with E-state index in [1.54, 1.807) is 33.0 Å². The lowest BCUT2D eigenvalue weighted by atomic mass is 10.0. The number of hydrogen-bond acceptors (Lipinski definition) is 5. The Kier molecular flexibility index (Phi) is 7.99. The van der Waals surface area contributed by atoms with Gasteiger partial charge in [-0.2, -0.15) is 4.39 Å². The second-order valence-corrected chi connectivity index (χ2v) is 8.72. The van der Waals surface area contributed by atoms with Crippen LogP contribution in [0.1, 0.15) is 37.1 Å². The van der Waals surface area contributed by atoms with E-state index < -0.39 is 23.6 Å². The molecule has 2 aromatic rings. The molecule has 0 radical (unpaired) electrons. The number of aliphatic imine (C=N–C) groups is 1. The van der Waals surface area contributed by atoms with Gasteiger partial charge in [0.15, 0.2) is 0 Å². The van der Waals surface area contributed by atoms with Crippen LogP contribution in [0.2, 0.25) is 0 Å². The zero-order valence-electron chi connectivity index (χ0n) is 19.9. The summed E-state index contributed by atoms with van der Waals surface area (Å²) in [5.41, 5.74) is 7.71. The van der Waals surface area contributed by atoms with E-state index in [2.05, 4.69) is 27.1 Å². The molecule has 0 aliphatic carbocycles. The number of benzene rings is 1. The van der Waals surface area contributed by atoms with E-state index in [1.807, 2.05) is 12.1 Å². The summed E-state index contributed by atoms with van der Waals surface area (Å²) in [7, 11) is 1.64. The molecule has 8 nitrogen and oxygen atoms in total. The Hall–Kier alpha value is -4.03. The number of likely N-dealkylation sites (N-methyl/N-ethyl adjacent to an activating group) is 1. The molecule has 9 heteroatoms. The number of carbonyl (C=O) groups excluding carboxylic acids is 2. The summed E-state index contributed by atoms with van der Waals surface area (Å²) in [4.78, 5) is 34.6. The third-order valence-corrected chi connectivity index (χ3v) is 5.31. The molecule has 0 spiro atoms. The molecule has 0 bridgehead atoms. The number of urea groups is 1. The number of nitrogens with two attached hydrogens (primary N) is 1. The molecular formula is C26H28FN5O3. The minimum atomic E-state index is -1.13. The number of pyridine rings is 1. The molecule has 0 saturated carbocycles. The number of aryl methyl sites for hydroxylation is 1. The number of halogens is 1. The minimum absolute atomic E-state index is 0.199. The fourth-order valence-corrected chi connectivity index (χ4v) is 3.53. The first kappa shape index (κ1) is 25.6. The second-order valence-electron chi connectivity index (χ2n) is 8.72. The van der Waals surface area contributed by atoms with Crippen LogP contribution in [-0.2, 0) is 17.6 Å². The molecule has 4 N–H and O–H groups in total. The number of carbonyl (C=O) groups is 2. The first-order valence-electron chi connectivity index (χ1n) is 11.1. The highest BCUT2D eigenvalue weighted by molar-refractivity contribution is 6.01. The Morgan fingerprint density at radius 1 is 1.40 bits per heavy atom. The number of rotatable bonds is 4. The summed E-state index contributed by atoms with van der Waals surface area (Å²) in [5.74, 6) is 4.79. The van der Waals surface area contributed by atoms with Crippen LogP contribution in [0.3, 0.4) is 0 Å². The standard InChI is InChI=1S/C26H28FN5O3/c1-26(2,35)12-11-17-7-8-19-9-10-21(24(33)32(3)22(19)14-17)31-25(34)29-16-18(15-28)13-20-5-4-6-23(27)30-20/h4-8,14-16,21,35H,9-10,13,28H2,1-3H3,(H,31,34)/b18-15-,29-16+. The van der Waals surface area contributed by atoms with E-state index in [0.717, 1.165) is 5.56 Å². The third kappa shape index (κ3) is 7.22. The van der Waals surface area contributed by atoms with Crippen LogP contribution in [0.25, 0.3) is 0 Å². The zero-order chi connectivity index (χ0) is 25.6. The van der Waals surface area contributed by atoms with Crippen LogP contribution >= 0.6 is 0 Å². The molecule has 1 aliphatic rings. The summed E-state index contributed by atoms with van der Waals surface area (Å²) >= 11 is 0. The summed E-state index contributed by atoms with van der Waals surface area (Å²) in [5, 5.41) is 12.5. The number of aromatic nitrogens is 1. The highest BCUT2D eigenvalue weighted by Crippen LogP contribution is 2.27. The maximum atomic E-state index is 13.3. The van der Waals surface area contributed by atoms with Crippen molar-refractivity contribution in [3.63, 3.8) is 0 Å². The molecule has 1 unspecified atom stereocenters. The molecule has 35 heavy (non-hydrogen) atoms. The van der Waals surface area contributed by atoms with Crippen LogP contribution < -0.4 is 16.0 Å². The lowest BCUT2D eigenvalue weighted by Crippen LogP contribution is -2.46. The quantitative estimate of drug-likeness (QED) is 0.355. The maximum absolute atomic E-state index is 13.3. The largest absolute Gasteiger partial charge is 0.404 e. The van der Waals surface area contributed by atoms with Crippen molar-refractivity contribution in [3.8, 4) is 11.8 Å². The van der Waals surface area contributed by atoms with E-state index >= 15 is 0 Å². The molecule has 1 aromatic carbocycles. The van der Waals surface area contributed by atoms with E-state index in [1.165, 1.54) is 29.4 Å². The molecule has 1 aliphatic heterocycles. The van der Waals surface area contributed by atoms with Gasteiger partial charge in [-0.3, -0.25) is 4.79 Å². The Bertz CT molecular complexity index is 1240. The molecule has 1 atom stereocenters. The van der Waals surface area contributed by atoms with Gasteiger partial charge in [0.25, 0.3) is 0 Å². The van der Waals surface area contributed by atoms with Crippen molar-refractivity contribution in [2.75, 3.05) is 11.9 Å². The summed E-state index contributed by atoms with van der Waals surface area (Å²) < 4.78 is 13.3. The molecule has 1 aromatic heterocycles. The van der Waals surface area contributed by atoms with Crippen molar-refractivity contribution in [3.05, 3.63) is 70.9 Å². The summed E-state index contributed by atoms with van der Waals surface area (Å²) in [6.45, 7) is 3.19. The second kappa shape index (κ2) is 10.9. The molecular weight excluding hydrogens is 449 g/mol. The fraction of sp³-hybridized carbons (Fsp3) is 0.308. The van der Waals surface area contributed by atoms with E-state index in [0.29, 0.717) is 35.4 Å². The Morgan fingerprint density at radius 3 is 2.86 bits per heavy atom. The topological polar surface area (TPSA) is 121 Å². The monoisotopic (exact) mass is 477 g/mol. The lowest BCUT2D eigenvalue weighted by Gasteiger charge is -2.21. The normalized spacial score (nSPS) is 16.4. The molecule has 0 fully saturated rings. The van der Waals surface area contributed by atoms with Crippen molar-refractivity contribution in [1.29, 1.82) is 0 Å². The highest BCUT2D eigenvalue weighted by Gasteiger charge is 2.29. The zero-order valence-corrected chi connectivity index (χ0v) is 19.9. The van der Waals surface area contributed by atoms with Crippen molar-refractivity contribution in [1.82, 2.24) is 10.3 Å².